The molecule has 4 aromatic rings. The Labute approximate surface area is 199 Å². The van der Waals surface area contributed by atoms with Gasteiger partial charge in [0.05, 0.1) is 5.75 Å². The lowest BCUT2D eigenvalue weighted by Gasteiger charge is -2.09. The molecule has 1 aliphatic carbocycles. The Bertz CT molecular complexity index is 1330. The fourth-order valence-electron chi connectivity index (χ4n) is 3.32. The summed E-state index contributed by atoms with van der Waals surface area (Å²) in [6.45, 7) is 0. The average Bonchev–Trinajstić information content (AvgIpc) is 3.43. The van der Waals surface area contributed by atoms with Gasteiger partial charge in [-0.3, -0.25) is 14.7 Å². The van der Waals surface area contributed by atoms with Crippen molar-refractivity contribution in [2.45, 2.75) is 23.9 Å². The molecule has 1 aliphatic rings. The maximum absolute atomic E-state index is 12.7. The summed E-state index contributed by atoms with van der Waals surface area (Å²) in [4.78, 5) is 29.6. The number of carbonyl (C=O) groups excluding carboxylic acids is 2. The molecule has 0 spiro atoms. The van der Waals surface area contributed by atoms with Crippen LogP contribution < -0.4 is 10.6 Å². The number of nitrogens with one attached hydrogen (secondary N) is 3. The summed E-state index contributed by atoms with van der Waals surface area (Å²) in [6.07, 6.45) is 3.90. The Hall–Kier alpha value is -3.99. The first-order valence-electron chi connectivity index (χ1n) is 10.8. The number of rotatable bonds is 8. The number of aromatic amines is 1. The summed E-state index contributed by atoms with van der Waals surface area (Å²) in [7, 11) is 1.81. The molecule has 2 heterocycles. The van der Waals surface area contributed by atoms with Crippen LogP contribution in [0.1, 0.15) is 34.9 Å². The summed E-state index contributed by atoms with van der Waals surface area (Å²) < 4.78 is 1.74. The molecule has 10 nitrogen and oxygen atoms in total. The minimum Gasteiger partial charge on any atom is -0.325 e. The predicted molar refractivity (Wildman–Crippen MR) is 129 cm³/mol. The monoisotopic (exact) mass is 474 g/mol. The Balaban J connectivity index is 1.18. The van der Waals surface area contributed by atoms with Gasteiger partial charge in [0.1, 0.15) is 12.2 Å². The number of nitrogens with zero attached hydrogens (tertiary/aromatic N) is 5. The normalized spacial score (nSPS) is 13.0. The zero-order valence-corrected chi connectivity index (χ0v) is 19.2. The second-order valence-electron chi connectivity index (χ2n) is 7.99. The fourth-order valence-corrected chi connectivity index (χ4v) is 4.01. The van der Waals surface area contributed by atoms with Crippen LogP contribution in [0.3, 0.4) is 0 Å². The molecule has 3 N–H and O–H groups in total. The molecule has 34 heavy (non-hydrogen) atoms. The van der Waals surface area contributed by atoms with Gasteiger partial charge in [-0.2, -0.15) is 5.10 Å². The molecule has 0 saturated heterocycles. The zero-order chi connectivity index (χ0) is 23.5. The van der Waals surface area contributed by atoms with Crippen molar-refractivity contribution in [3.8, 4) is 11.4 Å². The molecule has 172 valence electrons. The third kappa shape index (κ3) is 5.15. The number of thioether (sulfide) groups is 1. The van der Waals surface area contributed by atoms with Crippen molar-refractivity contribution in [2.75, 3.05) is 16.4 Å². The first-order chi connectivity index (χ1) is 16.5. The van der Waals surface area contributed by atoms with E-state index >= 15 is 0 Å². The molecule has 0 unspecified atom stereocenters. The van der Waals surface area contributed by atoms with Crippen molar-refractivity contribution >= 4 is 35.0 Å². The van der Waals surface area contributed by atoms with Gasteiger partial charge in [0.25, 0.3) is 5.91 Å². The third-order valence-corrected chi connectivity index (χ3v) is 6.31. The lowest BCUT2D eigenvalue weighted by atomic mass is 10.1. The van der Waals surface area contributed by atoms with Gasteiger partial charge in [-0.15, -0.1) is 10.2 Å². The summed E-state index contributed by atoms with van der Waals surface area (Å²) in [5.41, 5.74) is 2.51. The van der Waals surface area contributed by atoms with Gasteiger partial charge in [-0.25, -0.2) is 4.98 Å². The average molecular weight is 475 g/mol. The van der Waals surface area contributed by atoms with Crippen molar-refractivity contribution in [1.29, 1.82) is 0 Å². The highest BCUT2D eigenvalue weighted by molar-refractivity contribution is 7.99. The summed E-state index contributed by atoms with van der Waals surface area (Å²) in [6, 6.07) is 14.2. The molecule has 1 saturated carbocycles. The molecule has 11 heteroatoms. The smallest absolute Gasteiger partial charge is 0.255 e. The van der Waals surface area contributed by atoms with Gasteiger partial charge in [0.2, 0.25) is 5.91 Å². The van der Waals surface area contributed by atoms with Gasteiger partial charge in [0.15, 0.2) is 11.0 Å². The van der Waals surface area contributed by atoms with Crippen molar-refractivity contribution < 1.29 is 9.59 Å². The van der Waals surface area contributed by atoms with E-state index in [0.29, 0.717) is 33.8 Å². The van der Waals surface area contributed by atoms with E-state index in [1.807, 2.05) is 31.3 Å². The van der Waals surface area contributed by atoms with E-state index in [0.717, 1.165) is 24.2 Å². The largest absolute Gasteiger partial charge is 0.325 e. The Kier molecular flexibility index (Phi) is 6.09. The van der Waals surface area contributed by atoms with Crippen LogP contribution in [0.5, 0.6) is 0 Å². The lowest BCUT2D eigenvalue weighted by Crippen LogP contribution is -2.16. The van der Waals surface area contributed by atoms with Crippen molar-refractivity contribution in [3.05, 3.63) is 66.2 Å². The second-order valence-corrected chi connectivity index (χ2v) is 8.93. The summed E-state index contributed by atoms with van der Waals surface area (Å²) in [5.74, 6) is 1.82. The number of anilines is 2. The predicted octanol–water partition coefficient (Wildman–Crippen LogP) is 3.46. The van der Waals surface area contributed by atoms with Crippen LogP contribution >= 0.6 is 11.8 Å². The number of aromatic nitrogens is 6. The Morgan fingerprint density at radius 1 is 1.12 bits per heavy atom. The number of carbonyl (C=O) groups is 2. The summed E-state index contributed by atoms with van der Waals surface area (Å²) in [5, 5.41) is 21.4. The van der Waals surface area contributed by atoms with Crippen molar-refractivity contribution in [2.24, 2.45) is 7.05 Å². The van der Waals surface area contributed by atoms with E-state index in [4.69, 9.17) is 0 Å². The minimum absolute atomic E-state index is 0.183. The minimum atomic E-state index is -0.272. The standard InChI is InChI=1S/C23H22N8O2S/c1-31-13-24-30-23(31)34-12-19(32)25-18-4-2-3-16(11-18)22(33)26-17-9-7-15(8-10-17)21-27-20(28-29-21)14-5-6-14/h2-4,7-11,13-14H,5-6,12H2,1H3,(H,25,32)(H,26,33)(H,27,28,29). The van der Waals surface area contributed by atoms with Crippen molar-refractivity contribution in [3.63, 3.8) is 0 Å². The van der Waals surface area contributed by atoms with Gasteiger partial charge < -0.3 is 15.2 Å². The van der Waals surface area contributed by atoms with Gasteiger partial charge in [-0.1, -0.05) is 17.8 Å². The number of H-pyrrole nitrogens is 1. The van der Waals surface area contributed by atoms with Crippen LogP contribution in [0.15, 0.2) is 60.0 Å². The molecule has 0 atom stereocenters. The molecule has 2 aromatic carbocycles. The van der Waals surface area contributed by atoms with Crippen LogP contribution in [0, 0.1) is 0 Å². The number of hydrogen-bond donors (Lipinski definition) is 3. The highest BCUT2D eigenvalue weighted by Gasteiger charge is 2.27. The SMILES string of the molecule is Cn1cnnc1SCC(=O)Nc1cccc(C(=O)Nc2ccc(-c3n[nH]c(C4CC4)n3)cc2)c1. The number of amides is 2. The molecule has 5 rings (SSSR count). The number of aryl methyl sites for hydroxylation is 1. The number of benzene rings is 2. The van der Waals surface area contributed by atoms with Crippen LogP contribution in [0.25, 0.3) is 11.4 Å². The Morgan fingerprint density at radius 2 is 1.94 bits per heavy atom. The number of hydrogen-bond acceptors (Lipinski definition) is 7. The maximum atomic E-state index is 12.7. The van der Waals surface area contributed by atoms with E-state index in [-0.39, 0.29) is 17.6 Å². The van der Waals surface area contributed by atoms with E-state index in [1.165, 1.54) is 11.8 Å². The van der Waals surface area contributed by atoms with Crippen LogP contribution in [-0.4, -0.2) is 47.5 Å². The van der Waals surface area contributed by atoms with E-state index in [1.54, 1.807) is 35.2 Å². The first kappa shape index (κ1) is 21.8. The molecule has 2 amide bonds. The molecule has 0 aliphatic heterocycles. The zero-order valence-electron chi connectivity index (χ0n) is 18.4. The maximum Gasteiger partial charge on any atom is 0.255 e. The molecule has 0 radical (unpaired) electrons. The van der Waals surface area contributed by atoms with Gasteiger partial charge in [-0.05, 0) is 55.3 Å². The van der Waals surface area contributed by atoms with Gasteiger partial charge >= 0.3 is 0 Å². The molecule has 0 bridgehead atoms. The van der Waals surface area contributed by atoms with Crippen LogP contribution in [0.2, 0.25) is 0 Å². The Morgan fingerprint density at radius 3 is 2.68 bits per heavy atom. The highest BCUT2D eigenvalue weighted by Crippen LogP contribution is 2.38. The van der Waals surface area contributed by atoms with Crippen LogP contribution in [0.4, 0.5) is 11.4 Å². The van der Waals surface area contributed by atoms with Crippen molar-refractivity contribution in [1.82, 2.24) is 29.9 Å². The second kappa shape index (κ2) is 9.48. The molecule has 1 fully saturated rings. The topological polar surface area (TPSA) is 130 Å². The van der Waals surface area contributed by atoms with E-state index in [9.17, 15) is 9.59 Å². The molecular weight excluding hydrogens is 452 g/mol. The highest BCUT2D eigenvalue weighted by atomic mass is 32.2. The van der Waals surface area contributed by atoms with E-state index in [2.05, 4.69) is 36.0 Å². The van der Waals surface area contributed by atoms with Gasteiger partial charge in [0, 0.05) is 35.5 Å². The van der Waals surface area contributed by atoms with Crippen LogP contribution in [-0.2, 0) is 11.8 Å². The third-order valence-electron chi connectivity index (χ3n) is 5.28. The molecular formula is C23H22N8O2S. The lowest BCUT2D eigenvalue weighted by molar-refractivity contribution is -0.113. The first-order valence-corrected chi connectivity index (χ1v) is 11.7. The fraction of sp³-hybridized carbons (Fsp3) is 0.217. The quantitative estimate of drug-likeness (QED) is 0.333. The van der Waals surface area contributed by atoms with E-state index < -0.39 is 0 Å². The molecule has 2 aromatic heterocycles. The summed E-state index contributed by atoms with van der Waals surface area (Å²) >= 11 is 1.29.